The summed E-state index contributed by atoms with van der Waals surface area (Å²) in [5, 5.41) is 44.2. The number of likely N-dealkylation sites (tertiary alicyclic amines) is 1. The molecule has 2 saturated heterocycles. The number of ether oxygens (including phenoxy) is 4. The van der Waals surface area contributed by atoms with E-state index in [1.54, 1.807) is 44.7 Å². The molecule has 6 aliphatic rings. The van der Waals surface area contributed by atoms with Gasteiger partial charge in [-0.2, -0.15) is 5.10 Å². The Kier molecular flexibility index (Phi) is 14.6. The monoisotopic (exact) mass is 889 g/mol. The lowest BCUT2D eigenvalue weighted by Crippen LogP contribution is -2.46. The molecule has 4 N–H and O–H groups in total. The average molecular weight is 890 g/mol. The van der Waals surface area contributed by atoms with Crippen molar-refractivity contribution >= 4 is 34.9 Å². The lowest BCUT2D eigenvalue weighted by Gasteiger charge is -2.38. The number of hydrazone groups is 1. The van der Waals surface area contributed by atoms with Crippen molar-refractivity contribution in [2.45, 2.75) is 98.4 Å². The van der Waals surface area contributed by atoms with Gasteiger partial charge in [-0.05, 0) is 27.0 Å². The number of Topliss-reactive ketones (excluding diaryl/α,β-unsaturated/α-hetero) is 3. The smallest absolute Gasteiger partial charge is 0.312 e. The number of carbonyl (C=O) groups excluding carboxylic acids is 5. The van der Waals surface area contributed by atoms with Gasteiger partial charge in [0.05, 0.1) is 41.3 Å². The van der Waals surface area contributed by atoms with Gasteiger partial charge in [0, 0.05) is 114 Å². The fraction of sp³-hybridized carbons (Fsp3) is 0.574. The molecule has 2 fully saturated rings. The van der Waals surface area contributed by atoms with Crippen molar-refractivity contribution in [1.29, 1.82) is 0 Å². The highest BCUT2D eigenvalue weighted by Gasteiger charge is 2.53. The molecule has 17 heteroatoms. The van der Waals surface area contributed by atoms with Gasteiger partial charge in [-0.15, -0.1) is 0 Å². The second kappa shape index (κ2) is 19.4. The lowest BCUT2D eigenvalue weighted by molar-refractivity contribution is -0.160. The number of nitrogens with zero attached hydrogens (tertiary/aromatic N) is 4. The van der Waals surface area contributed by atoms with E-state index in [0.717, 1.165) is 31.9 Å². The number of piperidine rings is 1. The standard InChI is InChI=1S/C47H63N5O12/c1-24-12-11-13-25(2)46(60)48-36-37(51-17-14-31(15-18-51)49-52-21-19-50(9)20-22-52)42(58)33-34(41(36)57)40(56)29(6)44-35(33)45(59)47(8,64-44)62-23-16-32(61-10)26(3)43(63-30(7)53)28(5)39(55)27(4)38(24)54/h11-13,16,23-24,26-28,32,38-39,43,54-56H,14-15,17-22H2,1-10H3,(H,48,60)/b12-11+,23-16+,25-13-/t24-,26+,27+,28+,32-,38-,39+,43+,47-/m0/s1. The zero-order chi connectivity index (χ0) is 46.9. The number of piperazine rings is 1. The minimum atomic E-state index is -2.08. The van der Waals surface area contributed by atoms with E-state index in [0.29, 0.717) is 12.8 Å². The molecule has 0 spiro atoms. The lowest BCUT2D eigenvalue weighted by atomic mass is 9.78. The summed E-state index contributed by atoms with van der Waals surface area (Å²) in [5.74, 6) is -9.06. The van der Waals surface area contributed by atoms with E-state index in [9.17, 15) is 34.5 Å². The maximum absolute atomic E-state index is 15.1. The Morgan fingerprint density at radius 3 is 2.17 bits per heavy atom. The second-order valence-electron chi connectivity index (χ2n) is 17.9. The molecule has 1 aromatic rings. The molecule has 0 radical (unpaired) electrons. The van der Waals surface area contributed by atoms with Crippen molar-refractivity contribution in [2.24, 2.45) is 28.8 Å². The number of hydrogen-bond acceptors (Lipinski definition) is 16. The number of rotatable bonds is 4. The zero-order valence-electron chi connectivity index (χ0n) is 38.5. The largest absolute Gasteiger partial charge is 0.507 e. The number of fused-ring (bicyclic) bond motifs is 14. The van der Waals surface area contributed by atoms with E-state index in [1.165, 1.54) is 53.2 Å². The molecule has 0 aromatic heterocycles. The summed E-state index contributed by atoms with van der Waals surface area (Å²) in [6.07, 6.45) is 4.43. The summed E-state index contributed by atoms with van der Waals surface area (Å²) < 4.78 is 23.7. The van der Waals surface area contributed by atoms with Crippen molar-refractivity contribution < 1.29 is 58.2 Å². The van der Waals surface area contributed by atoms with E-state index >= 15 is 4.79 Å². The topological polar surface area (TPSA) is 217 Å². The third-order valence-corrected chi connectivity index (χ3v) is 13.4. The van der Waals surface area contributed by atoms with Crippen LogP contribution in [0.3, 0.4) is 0 Å². The third-order valence-electron chi connectivity index (χ3n) is 13.4. The van der Waals surface area contributed by atoms with Crippen LogP contribution in [0, 0.1) is 30.6 Å². The molecule has 5 heterocycles. The van der Waals surface area contributed by atoms with Gasteiger partial charge < -0.3 is 49.4 Å². The van der Waals surface area contributed by atoms with Gasteiger partial charge >= 0.3 is 11.8 Å². The number of aliphatic hydroxyl groups excluding tert-OH is 2. The Hall–Kier alpha value is -5.36. The number of phenols is 1. The van der Waals surface area contributed by atoms with E-state index < -0.39 is 94.4 Å². The van der Waals surface area contributed by atoms with Crippen LogP contribution >= 0.6 is 0 Å². The second-order valence-corrected chi connectivity index (χ2v) is 17.9. The van der Waals surface area contributed by atoms with Crippen LogP contribution in [0.25, 0.3) is 0 Å². The number of ketones is 3. The molecule has 1 amide bonds. The number of hydrogen-bond donors (Lipinski definition) is 4. The quantitative estimate of drug-likeness (QED) is 0.318. The van der Waals surface area contributed by atoms with E-state index in [1.807, 2.05) is 5.01 Å². The molecule has 0 saturated carbocycles. The summed E-state index contributed by atoms with van der Waals surface area (Å²) in [6.45, 7) is 16.3. The van der Waals surface area contributed by atoms with Crippen molar-refractivity contribution in [3.63, 3.8) is 0 Å². The number of methoxy groups -OCH3 is 1. The van der Waals surface area contributed by atoms with Crippen LogP contribution < -0.4 is 10.1 Å². The van der Waals surface area contributed by atoms with Crippen LogP contribution in [0.4, 0.5) is 0 Å². The fourth-order valence-corrected chi connectivity index (χ4v) is 9.16. The molecule has 1 aliphatic carbocycles. The highest BCUT2D eigenvalue weighted by molar-refractivity contribution is 6.32. The zero-order valence-corrected chi connectivity index (χ0v) is 38.5. The number of amides is 1. The molecule has 64 heavy (non-hydrogen) atoms. The highest BCUT2D eigenvalue weighted by Crippen LogP contribution is 2.49. The number of allylic oxidation sites excluding steroid dienone is 4. The van der Waals surface area contributed by atoms with Crippen LogP contribution in [-0.2, 0) is 23.8 Å². The Morgan fingerprint density at radius 1 is 0.891 bits per heavy atom. The van der Waals surface area contributed by atoms with Gasteiger partial charge in [0.1, 0.15) is 29.0 Å². The first-order valence-corrected chi connectivity index (χ1v) is 22.0. The third kappa shape index (κ3) is 9.39. The van der Waals surface area contributed by atoms with E-state index in [2.05, 4.69) is 17.3 Å². The van der Waals surface area contributed by atoms with Crippen LogP contribution in [0.2, 0.25) is 0 Å². The summed E-state index contributed by atoms with van der Waals surface area (Å²) in [4.78, 5) is 74.7. The normalized spacial score (nSPS) is 32.9. The van der Waals surface area contributed by atoms with Crippen LogP contribution in [0.1, 0.15) is 97.9 Å². The van der Waals surface area contributed by atoms with Crippen LogP contribution in [0.15, 0.2) is 52.6 Å². The number of benzene rings is 1. The molecule has 0 unspecified atom stereocenters. The first kappa shape index (κ1) is 48.1. The number of phenolic OH excluding ortho intramolecular Hbond substituents is 1. The minimum Gasteiger partial charge on any atom is -0.507 e. The van der Waals surface area contributed by atoms with Gasteiger partial charge in [0.25, 0.3) is 11.7 Å². The molecule has 348 valence electrons. The van der Waals surface area contributed by atoms with Gasteiger partial charge in [0.15, 0.2) is 0 Å². The van der Waals surface area contributed by atoms with E-state index in [4.69, 9.17) is 24.0 Å². The van der Waals surface area contributed by atoms with Crippen molar-refractivity contribution in [1.82, 2.24) is 20.1 Å². The molecular formula is C47H63N5O12. The number of esters is 1. The fourth-order valence-electron chi connectivity index (χ4n) is 9.16. The maximum atomic E-state index is 15.1. The van der Waals surface area contributed by atoms with Gasteiger partial charge in [-0.25, -0.2) is 0 Å². The Bertz CT molecular complexity index is 2200. The molecule has 7 rings (SSSR count). The SMILES string of the molecule is CO[C@H]1/C=C/O[C@@]2(C)Oc3c(C)c(O)c4c(c3C2=O)C(=O)C(N2CCC(=NN3CCN(C)CC3)CC2)=C(NC(=O)/C(C)=C\C=C\[C@H](C)[C@H](O)[C@@H](C)[C@@H](O)[C@@H](C)[C@H](OC(C)=O)[C@@H]1C)C4=O. The number of nitrogens with one attached hydrogen (secondary N) is 1. The minimum absolute atomic E-state index is 0.00819. The first-order chi connectivity index (χ1) is 30.2. The van der Waals surface area contributed by atoms with Crippen LogP contribution in [0.5, 0.6) is 11.5 Å². The molecular weight excluding hydrogens is 827 g/mol. The first-order valence-electron chi connectivity index (χ1n) is 22.0. The number of likely N-dealkylation sites (N-methyl/N-ethyl adjacent to an activating group) is 1. The number of carbonyl (C=O) groups is 5. The highest BCUT2D eigenvalue weighted by atomic mass is 16.7. The summed E-state index contributed by atoms with van der Waals surface area (Å²) in [7, 11) is 3.50. The Labute approximate surface area is 374 Å². The maximum Gasteiger partial charge on any atom is 0.312 e. The molecule has 5 bridgehead atoms. The summed E-state index contributed by atoms with van der Waals surface area (Å²) in [5.41, 5.74) is -0.433. The molecule has 5 aliphatic heterocycles. The van der Waals surface area contributed by atoms with Gasteiger partial charge in [-0.1, -0.05) is 45.9 Å². The average Bonchev–Trinajstić information content (AvgIpc) is 3.53. The van der Waals surface area contributed by atoms with Crippen LogP contribution in [-0.4, -0.2) is 149 Å². The number of aromatic hydroxyl groups is 1. The predicted molar refractivity (Wildman–Crippen MR) is 235 cm³/mol. The van der Waals surface area contributed by atoms with Crippen molar-refractivity contribution in [3.05, 3.63) is 69.8 Å². The molecule has 1 aromatic carbocycles. The summed E-state index contributed by atoms with van der Waals surface area (Å²) in [6, 6.07) is 0. The predicted octanol–water partition coefficient (Wildman–Crippen LogP) is 3.66. The molecule has 17 nitrogen and oxygen atoms in total. The number of aliphatic hydroxyl groups is 2. The van der Waals surface area contributed by atoms with Crippen molar-refractivity contribution in [3.8, 4) is 11.5 Å². The van der Waals surface area contributed by atoms with Crippen molar-refractivity contribution in [2.75, 3.05) is 53.4 Å². The van der Waals surface area contributed by atoms with E-state index in [-0.39, 0.29) is 52.5 Å². The Balaban J connectivity index is 1.44. The molecule has 9 atom stereocenters. The van der Waals surface area contributed by atoms with Gasteiger partial charge in [-0.3, -0.25) is 29.0 Å². The van der Waals surface area contributed by atoms with Gasteiger partial charge in [0.2, 0.25) is 11.6 Å². The Morgan fingerprint density at radius 2 is 1.55 bits per heavy atom. The summed E-state index contributed by atoms with van der Waals surface area (Å²) >= 11 is 0.